The van der Waals surface area contributed by atoms with E-state index in [1.165, 1.54) is 12.8 Å². The van der Waals surface area contributed by atoms with Gasteiger partial charge < -0.3 is 14.5 Å². The standard InChI is InChI=1S/C22H23N3O2/c26-21(23-18-12-22(27-15-18)10-4-5-11-22)17-8-9-20-24-19(14-25(20)13-17)16-6-2-1-3-7-16/h1-3,6-9,13-14,18H,4-5,10-12,15H2,(H,23,26)/t18-/m1/s1. The molecule has 5 rings (SSSR count). The third-order valence-electron chi connectivity index (χ3n) is 5.84. The maximum atomic E-state index is 12.7. The molecular weight excluding hydrogens is 338 g/mol. The summed E-state index contributed by atoms with van der Waals surface area (Å²) in [6.45, 7) is 0.622. The Balaban J connectivity index is 1.33. The molecule has 1 aromatic carbocycles. The van der Waals surface area contributed by atoms with Gasteiger partial charge in [-0.15, -0.1) is 0 Å². The van der Waals surface area contributed by atoms with Crippen molar-refractivity contribution in [1.82, 2.24) is 14.7 Å². The molecule has 1 spiro atoms. The van der Waals surface area contributed by atoms with Gasteiger partial charge in [-0.2, -0.15) is 0 Å². The van der Waals surface area contributed by atoms with Crippen molar-refractivity contribution in [3.05, 3.63) is 60.4 Å². The van der Waals surface area contributed by atoms with Crippen LogP contribution in [0.5, 0.6) is 0 Å². The van der Waals surface area contributed by atoms with Crippen molar-refractivity contribution >= 4 is 11.6 Å². The van der Waals surface area contributed by atoms with Crippen LogP contribution in [0.3, 0.4) is 0 Å². The van der Waals surface area contributed by atoms with Crippen molar-refractivity contribution in [2.45, 2.75) is 43.7 Å². The largest absolute Gasteiger partial charge is 0.373 e. The van der Waals surface area contributed by atoms with Gasteiger partial charge >= 0.3 is 0 Å². The quantitative estimate of drug-likeness (QED) is 0.771. The third-order valence-corrected chi connectivity index (χ3v) is 5.84. The Morgan fingerprint density at radius 2 is 1.93 bits per heavy atom. The second-order valence-corrected chi connectivity index (χ2v) is 7.75. The number of benzene rings is 1. The van der Waals surface area contributed by atoms with E-state index in [0.717, 1.165) is 36.2 Å². The zero-order valence-corrected chi connectivity index (χ0v) is 15.2. The van der Waals surface area contributed by atoms with Gasteiger partial charge in [0.15, 0.2) is 0 Å². The number of carbonyl (C=O) groups is 1. The molecule has 1 aliphatic carbocycles. The van der Waals surface area contributed by atoms with Crippen LogP contribution in [0.2, 0.25) is 0 Å². The molecule has 2 fully saturated rings. The number of aromatic nitrogens is 2. The fraction of sp³-hybridized carbons (Fsp3) is 0.364. The summed E-state index contributed by atoms with van der Waals surface area (Å²) in [5.74, 6) is -0.0458. The lowest BCUT2D eigenvalue weighted by Gasteiger charge is -2.21. The van der Waals surface area contributed by atoms with Gasteiger partial charge in [0.25, 0.3) is 5.91 Å². The molecule has 5 heteroatoms. The SMILES string of the molecule is O=C(N[C@H]1COC2(CCCC2)C1)c1ccc2nc(-c3ccccc3)cn2c1. The van der Waals surface area contributed by atoms with Crippen LogP contribution in [0, 0.1) is 0 Å². The predicted molar refractivity (Wildman–Crippen MR) is 104 cm³/mol. The minimum atomic E-state index is -0.0458. The fourth-order valence-corrected chi connectivity index (χ4v) is 4.45. The molecule has 1 aliphatic heterocycles. The van der Waals surface area contributed by atoms with Gasteiger partial charge in [0, 0.05) is 18.0 Å². The summed E-state index contributed by atoms with van der Waals surface area (Å²) in [6, 6.07) is 13.9. The van der Waals surface area contributed by atoms with Gasteiger partial charge in [-0.25, -0.2) is 4.98 Å². The highest BCUT2D eigenvalue weighted by Gasteiger charge is 2.42. The van der Waals surface area contributed by atoms with E-state index in [9.17, 15) is 4.79 Å². The van der Waals surface area contributed by atoms with E-state index in [1.807, 2.05) is 59.3 Å². The number of ether oxygens (including phenoxy) is 1. The lowest BCUT2D eigenvalue weighted by atomic mass is 9.96. The lowest BCUT2D eigenvalue weighted by Crippen LogP contribution is -2.36. The fourth-order valence-electron chi connectivity index (χ4n) is 4.45. The highest BCUT2D eigenvalue weighted by atomic mass is 16.5. The van der Waals surface area contributed by atoms with Crippen molar-refractivity contribution in [1.29, 1.82) is 0 Å². The maximum Gasteiger partial charge on any atom is 0.253 e. The smallest absolute Gasteiger partial charge is 0.253 e. The molecule has 1 saturated carbocycles. The Morgan fingerprint density at radius 1 is 1.11 bits per heavy atom. The number of amides is 1. The van der Waals surface area contributed by atoms with Crippen molar-refractivity contribution < 1.29 is 9.53 Å². The van der Waals surface area contributed by atoms with Crippen molar-refractivity contribution in [3.8, 4) is 11.3 Å². The first kappa shape index (κ1) is 16.5. The van der Waals surface area contributed by atoms with Crippen molar-refractivity contribution in [2.75, 3.05) is 6.61 Å². The van der Waals surface area contributed by atoms with Crippen LogP contribution in [0.4, 0.5) is 0 Å². The second-order valence-electron chi connectivity index (χ2n) is 7.75. The van der Waals surface area contributed by atoms with Gasteiger partial charge in [0.1, 0.15) is 5.65 Å². The number of fused-ring (bicyclic) bond motifs is 1. The third kappa shape index (κ3) is 3.12. The molecule has 0 unspecified atom stereocenters. The normalized spacial score (nSPS) is 21.1. The van der Waals surface area contributed by atoms with Gasteiger partial charge in [0.2, 0.25) is 0 Å². The summed E-state index contributed by atoms with van der Waals surface area (Å²) in [7, 11) is 0. The van der Waals surface area contributed by atoms with Crippen LogP contribution in [0.1, 0.15) is 42.5 Å². The molecule has 2 aliphatic rings. The minimum Gasteiger partial charge on any atom is -0.373 e. The lowest BCUT2D eigenvalue weighted by molar-refractivity contribution is 0.00988. The molecule has 3 heterocycles. The van der Waals surface area contributed by atoms with Gasteiger partial charge in [0.05, 0.1) is 29.5 Å². The number of rotatable bonds is 3. The average molecular weight is 361 g/mol. The summed E-state index contributed by atoms with van der Waals surface area (Å²) in [6.07, 6.45) is 9.48. The number of carbonyl (C=O) groups excluding carboxylic acids is 1. The summed E-state index contributed by atoms with van der Waals surface area (Å²) in [5, 5.41) is 3.15. The molecule has 5 nitrogen and oxygen atoms in total. The van der Waals surface area contributed by atoms with Crippen molar-refractivity contribution in [2.24, 2.45) is 0 Å². The van der Waals surface area contributed by atoms with E-state index in [0.29, 0.717) is 12.2 Å². The summed E-state index contributed by atoms with van der Waals surface area (Å²) >= 11 is 0. The average Bonchev–Trinajstić information content (AvgIpc) is 3.42. The molecule has 138 valence electrons. The molecule has 3 aromatic rings. The molecule has 1 amide bonds. The molecule has 1 saturated heterocycles. The van der Waals surface area contributed by atoms with E-state index in [4.69, 9.17) is 4.74 Å². The van der Waals surface area contributed by atoms with Crippen molar-refractivity contribution in [3.63, 3.8) is 0 Å². The maximum absolute atomic E-state index is 12.7. The van der Waals surface area contributed by atoms with Crippen LogP contribution in [-0.4, -0.2) is 33.5 Å². The van der Waals surface area contributed by atoms with E-state index in [1.54, 1.807) is 0 Å². The number of nitrogens with one attached hydrogen (secondary N) is 1. The van der Waals surface area contributed by atoms with Gasteiger partial charge in [-0.05, 0) is 31.4 Å². The Labute approximate surface area is 158 Å². The molecule has 27 heavy (non-hydrogen) atoms. The van der Waals surface area contributed by atoms with E-state index in [-0.39, 0.29) is 17.6 Å². The molecule has 0 bridgehead atoms. The minimum absolute atomic E-state index is 0.0246. The summed E-state index contributed by atoms with van der Waals surface area (Å²) in [5.41, 5.74) is 3.47. The highest BCUT2D eigenvalue weighted by Crippen LogP contribution is 2.40. The van der Waals surface area contributed by atoms with E-state index < -0.39 is 0 Å². The topological polar surface area (TPSA) is 55.6 Å². The van der Waals surface area contributed by atoms with Crippen LogP contribution in [0.25, 0.3) is 16.9 Å². The zero-order chi connectivity index (χ0) is 18.3. The first-order valence-corrected chi connectivity index (χ1v) is 9.70. The first-order chi connectivity index (χ1) is 13.2. The molecular formula is C22H23N3O2. The Hall–Kier alpha value is -2.66. The predicted octanol–water partition coefficient (Wildman–Crippen LogP) is 3.83. The van der Waals surface area contributed by atoms with Crippen LogP contribution in [-0.2, 0) is 4.74 Å². The monoisotopic (exact) mass is 361 g/mol. The molecule has 1 N–H and O–H groups in total. The Bertz CT molecular complexity index is 974. The van der Waals surface area contributed by atoms with Crippen LogP contribution >= 0.6 is 0 Å². The Kier molecular flexibility index (Phi) is 3.97. The van der Waals surface area contributed by atoms with E-state index in [2.05, 4.69) is 10.3 Å². The first-order valence-electron chi connectivity index (χ1n) is 9.70. The molecule has 0 radical (unpaired) electrons. The van der Waals surface area contributed by atoms with Gasteiger partial charge in [-0.3, -0.25) is 4.79 Å². The number of hydrogen-bond donors (Lipinski definition) is 1. The zero-order valence-electron chi connectivity index (χ0n) is 15.2. The second kappa shape index (κ2) is 6.50. The number of pyridine rings is 1. The number of imidazole rings is 1. The number of nitrogens with zero attached hydrogens (tertiary/aromatic N) is 2. The molecule has 2 aromatic heterocycles. The molecule has 1 atom stereocenters. The van der Waals surface area contributed by atoms with Gasteiger partial charge in [-0.1, -0.05) is 43.2 Å². The van der Waals surface area contributed by atoms with E-state index >= 15 is 0 Å². The Morgan fingerprint density at radius 3 is 2.74 bits per heavy atom. The van der Waals surface area contributed by atoms with Crippen LogP contribution in [0.15, 0.2) is 54.9 Å². The summed E-state index contributed by atoms with van der Waals surface area (Å²) < 4.78 is 7.96. The van der Waals surface area contributed by atoms with Crippen LogP contribution < -0.4 is 5.32 Å². The highest BCUT2D eigenvalue weighted by molar-refractivity contribution is 5.94. The number of hydrogen-bond acceptors (Lipinski definition) is 3. The summed E-state index contributed by atoms with van der Waals surface area (Å²) in [4.78, 5) is 17.4.